The van der Waals surface area contributed by atoms with Crippen LogP contribution in [0.3, 0.4) is 0 Å². The highest BCUT2D eigenvalue weighted by atomic mass is 35.5. The number of rotatable bonds is 2. The minimum Gasteiger partial charge on any atom is -0.496 e. The first kappa shape index (κ1) is 13.7. The van der Waals surface area contributed by atoms with Gasteiger partial charge in [-0.1, -0.05) is 11.6 Å². The lowest BCUT2D eigenvalue weighted by Gasteiger charge is -2.29. The van der Waals surface area contributed by atoms with Gasteiger partial charge in [0.15, 0.2) is 0 Å². The van der Waals surface area contributed by atoms with Gasteiger partial charge < -0.3 is 14.8 Å². The highest BCUT2D eigenvalue weighted by Gasteiger charge is 2.25. The smallest absolute Gasteiger partial charge is 0.127 e. The Morgan fingerprint density at radius 1 is 1.22 bits per heavy atom. The monoisotopic (exact) mass is 269 g/mol. The summed E-state index contributed by atoms with van der Waals surface area (Å²) in [6.07, 6.45) is 0. The van der Waals surface area contributed by atoms with Gasteiger partial charge in [0, 0.05) is 17.1 Å². The van der Waals surface area contributed by atoms with Crippen molar-refractivity contribution in [1.29, 1.82) is 0 Å². The van der Waals surface area contributed by atoms with Crippen molar-refractivity contribution < 1.29 is 9.47 Å². The van der Waals surface area contributed by atoms with Crippen molar-refractivity contribution in [2.24, 2.45) is 0 Å². The highest BCUT2D eigenvalue weighted by Crippen LogP contribution is 2.39. The van der Waals surface area contributed by atoms with Crippen LogP contribution in [0.1, 0.15) is 28.3 Å². The first-order chi connectivity index (χ1) is 8.57. The Balaban J connectivity index is 2.56. The van der Waals surface area contributed by atoms with Crippen LogP contribution in [-0.2, 0) is 4.74 Å². The third-order valence-electron chi connectivity index (χ3n) is 3.68. The van der Waals surface area contributed by atoms with E-state index in [0.29, 0.717) is 6.61 Å². The fourth-order valence-electron chi connectivity index (χ4n) is 2.54. The molecular formula is C14H20ClNO2. The molecule has 1 aliphatic rings. The Labute approximate surface area is 113 Å². The zero-order valence-electron chi connectivity index (χ0n) is 11.4. The molecule has 1 N–H and O–H groups in total. The van der Waals surface area contributed by atoms with Crippen LogP contribution in [0.2, 0.25) is 5.02 Å². The number of morpholine rings is 1. The van der Waals surface area contributed by atoms with E-state index < -0.39 is 0 Å². The zero-order valence-corrected chi connectivity index (χ0v) is 12.1. The van der Waals surface area contributed by atoms with Crippen molar-refractivity contribution in [3.05, 3.63) is 27.3 Å². The van der Waals surface area contributed by atoms with Gasteiger partial charge in [0.05, 0.1) is 26.4 Å². The van der Waals surface area contributed by atoms with Crippen molar-refractivity contribution in [3.8, 4) is 5.75 Å². The Bertz CT molecular complexity index is 454. The van der Waals surface area contributed by atoms with Crippen molar-refractivity contribution in [2.45, 2.75) is 26.8 Å². The maximum atomic E-state index is 6.41. The highest BCUT2D eigenvalue weighted by molar-refractivity contribution is 6.32. The Morgan fingerprint density at radius 2 is 1.94 bits per heavy atom. The summed E-state index contributed by atoms with van der Waals surface area (Å²) in [4.78, 5) is 0. The van der Waals surface area contributed by atoms with Gasteiger partial charge in [-0.3, -0.25) is 0 Å². The molecule has 1 heterocycles. The van der Waals surface area contributed by atoms with Crippen molar-refractivity contribution in [2.75, 3.05) is 26.9 Å². The number of hydrogen-bond acceptors (Lipinski definition) is 3. The van der Waals surface area contributed by atoms with Crippen molar-refractivity contribution in [1.82, 2.24) is 5.32 Å². The molecule has 1 aliphatic heterocycles. The summed E-state index contributed by atoms with van der Waals surface area (Å²) in [6.45, 7) is 8.40. The molecule has 0 radical (unpaired) electrons. The number of methoxy groups -OCH3 is 1. The number of ether oxygens (including phenoxy) is 2. The summed E-state index contributed by atoms with van der Waals surface area (Å²) >= 11 is 6.41. The molecule has 0 amide bonds. The molecule has 2 rings (SSSR count). The van der Waals surface area contributed by atoms with Gasteiger partial charge >= 0.3 is 0 Å². The maximum absolute atomic E-state index is 6.41. The van der Waals surface area contributed by atoms with E-state index >= 15 is 0 Å². The number of hydrogen-bond donors (Lipinski definition) is 1. The molecule has 1 saturated heterocycles. The van der Waals surface area contributed by atoms with Crippen LogP contribution in [0.4, 0.5) is 0 Å². The van der Waals surface area contributed by atoms with Gasteiger partial charge in [-0.05, 0) is 37.5 Å². The molecule has 0 aliphatic carbocycles. The lowest BCUT2D eigenvalue weighted by molar-refractivity contribution is 0.0758. The van der Waals surface area contributed by atoms with Gasteiger partial charge in [-0.2, -0.15) is 0 Å². The number of halogens is 1. The van der Waals surface area contributed by atoms with Crippen LogP contribution >= 0.6 is 11.6 Å². The number of nitrogens with one attached hydrogen (secondary N) is 1. The third-order valence-corrected chi connectivity index (χ3v) is 4.25. The molecule has 0 bridgehead atoms. The quantitative estimate of drug-likeness (QED) is 0.896. The zero-order chi connectivity index (χ0) is 13.3. The second kappa shape index (κ2) is 5.47. The van der Waals surface area contributed by atoms with E-state index in [1.54, 1.807) is 7.11 Å². The lowest BCUT2D eigenvalue weighted by Crippen LogP contribution is -2.35. The van der Waals surface area contributed by atoms with E-state index in [9.17, 15) is 0 Å². The average Bonchev–Trinajstić information content (AvgIpc) is 2.41. The summed E-state index contributed by atoms with van der Waals surface area (Å²) in [5, 5.41) is 4.29. The summed E-state index contributed by atoms with van der Waals surface area (Å²) in [6, 6.07) is 0.158. The molecule has 1 aromatic carbocycles. The molecule has 3 nitrogen and oxygen atoms in total. The minimum atomic E-state index is 0.158. The molecule has 0 saturated carbocycles. The molecular weight excluding hydrogens is 250 g/mol. The van der Waals surface area contributed by atoms with Crippen molar-refractivity contribution >= 4 is 11.6 Å². The van der Waals surface area contributed by atoms with Crippen molar-refractivity contribution in [3.63, 3.8) is 0 Å². The molecule has 4 heteroatoms. The third kappa shape index (κ3) is 2.22. The fourth-order valence-corrected chi connectivity index (χ4v) is 2.78. The summed E-state index contributed by atoms with van der Waals surface area (Å²) in [5.41, 5.74) is 4.41. The van der Waals surface area contributed by atoms with Gasteiger partial charge in [-0.25, -0.2) is 0 Å². The van der Waals surface area contributed by atoms with Crippen LogP contribution < -0.4 is 10.1 Å². The maximum Gasteiger partial charge on any atom is 0.127 e. The van der Waals surface area contributed by atoms with Crippen LogP contribution in [0.15, 0.2) is 0 Å². The Hall–Kier alpha value is -0.770. The lowest BCUT2D eigenvalue weighted by atomic mass is 9.93. The number of benzene rings is 1. The first-order valence-corrected chi connectivity index (χ1v) is 6.60. The summed E-state index contributed by atoms with van der Waals surface area (Å²) < 4.78 is 11.1. The second-order valence-electron chi connectivity index (χ2n) is 4.72. The predicted octanol–water partition coefficient (Wildman–Crippen LogP) is 2.93. The van der Waals surface area contributed by atoms with Gasteiger partial charge in [0.1, 0.15) is 5.75 Å². The SMILES string of the molecule is COc1c(C)c(C)c(Cl)c(C)c1C1COCCN1. The van der Waals surface area contributed by atoms with E-state index in [2.05, 4.69) is 5.32 Å². The van der Waals surface area contributed by atoms with Crippen LogP contribution in [0, 0.1) is 20.8 Å². The molecule has 0 aromatic heterocycles. The molecule has 1 aromatic rings. The fraction of sp³-hybridized carbons (Fsp3) is 0.571. The average molecular weight is 270 g/mol. The standard InChI is InChI=1S/C14H20ClNO2/c1-8-9(2)14(17-4)12(10(3)13(8)15)11-7-18-6-5-16-11/h11,16H,5-7H2,1-4H3. The first-order valence-electron chi connectivity index (χ1n) is 6.22. The second-order valence-corrected chi connectivity index (χ2v) is 5.10. The normalized spacial score (nSPS) is 19.9. The molecule has 0 spiro atoms. The van der Waals surface area contributed by atoms with Gasteiger partial charge in [-0.15, -0.1) is 0 Å². The van der Waals surface area contributed by atoms with Crippen LogP contribution in [0.5, 0.6) is 5.75 Å². The van der Waals surface area contributed by atoms with Gasteiger partial charge in [0.25, 0.3) is 0 Å². The molecule has 1 unspecified atom stereocenters. The predicted molar refractivity (Wildman–Crippen MR) is 73.8 cm³/mol. The van der Waals surface area contributed by atoms with E-state index in [4.69, 9.17) is 21.1 Å². The Morgan fingerprint density at radius 3 is 2.50 bits per heavy atom. The molecule has 18 heavy (non-hydrogen) atoms. The Kier molecular flexibility index (Phi) is 4.15. The summed E-state index contributed by atoms with van der Waals surface area (Å²) in [7, 11) is 1.71. The van der Waals surface area contributed by atoms with Crippen LogP contribution in [0.25, 0.3) is 0 Å². The van der Waals surface area contributed by atoms with E-state index in [-0.39, 0.29) is 6.04 Å². The summed E-state index contributed by atoms with van der Waals surface area (Å²) in [5.74, 6) is 0.928. The van der Waals surface area contributed by atoms with Gasteiger partial charge in [0.2, 0.25) is 0 Å². The minimum absolute atomic E-state index is 0.158. The molecule has 1 atom stereocenters. The largest absolute Gasteiger partial charge is 0.496 e. The topological polar surface area (TPSA) is 30.5 Å². The molecule has 1 fully saturated rings. The van der Waals surface area contributed by atoms with E-state index in [1.165, 1.54) is 0 Å². The van der Waals surface area contributed by atoms with Crippen LogP contribution in [-0.4, -0.2) is 26.9 Å². The van der Waals surface area contributed by atoms with E-state index in [0.717, 1.165) is 46.2 Å². The van der Waals surface area contributed by atoms with E-state index in [1.807, 2.05) is 20.8 Å². The molecule has 100 valence electrons.